The summed E-state index contributed by atoms with van der Waals surface area (Å²) >= 11 is 0. The van der Waals surface area contributed by atoms with Crippen LogP contribution in [0.2, 0.25) is 0 Å². The summed E-state index contributed by atoms with van der Waals surface area (Å²) in [5.74, 6) is 1.91. The van der Waals surface area contributed by atoms with E-state index in [0.29, 0.717) is 12.4 Å². The van der Waals surface area contributed by atoms with Gasteiger partial charge < -0.3 is 9.47 Å². The highest BCUT2D eigenvalue weighted by atomic mass is 16.2. The minimum atomic E-state index is -0.124. The molecule has 0 aromatic carbocycles. The van der Waals surface area contributed by atoms with Crippen molar-refractivity contribution in [2.45, 2.75) is 25.7 Å². The molecule has 1 atom stereocenters. The van der Waals surface area contributed by atoms with Gasteiger partial charge in [-0.05, 0) is 19.8 Å². The highest BCUT2D eigenvalue weighted by Gasteiger charge is 2.29. The van der Waals surface area contributed by atoms with Gasteiger partial charge in [-0.2, -0.15) is 0 Å². The topological polar surface area (TPSA) is 92.6 Å². The number of H-pyrrole nitrogens is 1. The second kappa shape index (κ2) is 5.03. The van der Waals surface area contributed by atoms with Crippen LogP contribution in [0, 0.1) is 6.92 Å². The van der Waals surface area contributed by atoms with E-state index in [9.17, 15) is 4.79 Å². The summed E-state index contributed by atoms with van der Waals surface area (Å²) in [5, 5.41) is 14.7. The quantitative estimate of drug-likeness (QED) is 0.848. The fourth-order valence-electron chi connectivity index (χ4n) is 2.61. The van der Waals surface area contributed by atoms with Gasteiger partial charge in [0.05, 0.1) is 0 Å². The number of likely N-dealkylation sites (tertiary alicyclic amines) is 1. The summed E-state index contributed by atoms with van der Waals surface area (Å²) in [6.45, 7) is 3.15. The number of nitrogens with one attached hydrogen (secondary N) is 1. The van der Waals surface area contributed by atoms with Gasteiger partial charge in [0.2, 0.25) is 5.82 Å². The van der Waals surface area contributed by atoms with E-state index < -0.39 is 0 Å². The van der Waals surface area contributed by atoms with Gasteiger partial charge >= 0.3 is 0 Å². The molecule has 0 radical (unpaired) electrons. The number of amides is 1. The molecule has 8 nitrogen and oxygen atoms in total. The van der Waals surface area contributed by atoms with Crippen LogP contribution in [0.25, 0.3) is 0 Å². The standard InChI is InChI=1S/C12H17N7O/c1-8-14-10(16-15-8)12(20)19-5-3-4-9(6-19)11-17-13-7-18(11)2/h7,9H,3-6H2,1-2H3,(H,14,15,16). The Morgan fingerprint density at radius 1 is 1.50 bits per heavy atom. The predicted octanol–water partition coefficient (Wildman–Crippen LogP) is 0.261. The third-order valence-electron chi connectivity index (χ3n) is 3.61. The highest BCUT2D eigenvalue weighted by Crippen LogP contribution is 2.25. The lowest BCUT2D eigenvalue weighted by atomic mass is 9.97. The molecule has 20 heavy (non-hydrogen) atoms. The lowest BCUT2D eigenvalue weighted by Gasteiger charge is -2.31. The van der Waals surface area contributed by atoms with E-state index in [1.54, 1.807) is 18.2 Å². The molecule has 0 bridgehead atoms. The van der Waals surface area contributed by atoms with Gasteiger partial charge in [0.1, 0.15) is 18.0 Å². The van der Waals surface area contributed by atoms with Crippen LogP contribution in [-0.4, -0.2) is 53.8 Å². The average Bonchev–Trinajstić information content (AvgIpc) is 3.07. The number of nitrogens with zero attached hydrogens (tertiary/aromatic N) is 6. The van der Waals surface area contributed by atoms with E-state index >= 15 is 0 Å². The van der Waals surface area contributed by atoms with Gasteiger partial charge in [-0.1, -0.05) is 0 Å². The van der Waals surface area contributed by atoms with Gasteiger partial charge in [0, 0.05) is 26.1 Å². The molecule has 1 N–H and O–H groups in total. The van der Waals surface area contributed by atoms with Crippen LogP contribution in [0.4, 0.5) is 0 Å². The number of aromatic nitrogens is 6. The Balaban J connectivity index is 1.75. The number of aromatic amines is 1. The Morgan fingerprint density at radius 2 is 2.35 bits per heavy atom. The first-order chi connectivity index (χ1) is 9.65. The van der Waals surface area contributed by atoms with Crippen LogP contribution >= 0.6 is 0 Å². The van der Waals surface area contributed by atoms with Gasteiger partial charge in [-0.25, -0.2) is 4.98 Å². The zero-order valence-electron chi connectivity index (χ0n) is 11.6. The van der Waals surface area contributed by atoms with Gasteiger partial charge in [0.15, 0.2) is 0 Å². The smallest absolute Gasteiger partial charge is 0.293 e. The summed E-state index contributed by atoms with van der Waals surface area (Å²) < 4.78 is 1.91. The molecule has 0 saturated carbocycles. The molecule has 0 spiro atoms. The van der Waals surface area contributed by atoms with Crippen molar-refractivity contribution < 1.29 is 4.79 Å². The molecule has 1 aliphatic rings. The second-order valence-electron chi connectivity index (χ2n) is 5.13. The zero-order chi connectivity index (χ0) is 14.1. The third-order valence-corrected chi connectivity index (χ3v) is 3.61. The number of rotatable bonds is 2. The molecule has 2 aromatic heterocycles. The molecule has 1 aliphatic heterocycles. The summed E-state index contributed by atoms with van der Waals surface area (Å²) in [7, 11) is 1.93. The molecule has 1 saturated heterocycles. The Bertz CT molecular complexity index is 617. The van der Waals surface area contributed by atoms with Crippen molar-refractivity contribution in [3.63, 3.8) is 0 Å². The number of aryl methyl sites for hydroxylation is 2. The maximum atomic E-state index is 12.4. The van der Waals surface area contributed by atoms with Gasteiger partial charge in [0.25, 0.3) is 5.91 Å². The average molecular weight is 275 g/mol. The van der Waals surface area contributed by atoms with E-state index in [2.05, 4.69) is 25.4 Å². The Hall–Kier alpha value is -2.25. The predicted molar refractivity (Wildman–Crippen MR) is 70.0 cm³/mol. The molecular formula is C12H17N7O. The van der Waals surface area contributed by atoms with Crippen LogP contribution in [-0.2, 0) is 7.05 Å². The Morgan fingerprint density at radius 3 is 3.00 bits per heavy atom. The number of hydrogen-bond donors (Lipinski definition) is 1. The van der Waals surface area contributed by atoms with Gasteiger partial charge in [-0.15, -0.1) is 15.3 Å². The molecular weight excluding hydrogens is 258 g/mol. The largest absolute Gasteiger partial charge is 0.335 e. The first-order valence-corrected chi connectivity index (χ1v) is 6.67. The Kier molecular flexibility index (Phi) is 3.21. The van der Waals surface area contributed by atoms with Crippen molar-refractivity contribution in [3.8, 4) is 0 Å². The van der Waals surface area contributed by atoms with Crippen molar-refractivity contribution in [1.82, 2.24) is 34.8 Å². The lowest BCUT2D eigenvalue weighted by molar-refractivity contribution is 0.0691. The fourth-order valence-corrected chi connectivity index (χ4v) is 2.61. The van der Waals surface area contributed by atoms with Crippen LogP contribution in [0.15, 0.2) is 6.33 Å². The highest BCUT2D eigenvalue weighted by molar-refractivity contribution is 5.90. The van der Waals surface area contributed by atoms with Crippen molar-refractivity contribution in [2.24, 2.45) is 7.05 Å². The van der Waals surface area contributed by atoms with Crippen molar-refractivity contribution in [3.05, 3.63) is 23.8 Å². The van der Waals surface area contributed by atoms with Crippen molar-refractivity contribution in [1.29, 1.82) is 0 Å². The first-order valence-electron chi connectivity index (χ1n) is 6.67. The van der Waals surface area contributed by atoms with E-state index in [4.69, 9.17) is 0 Å². The molecule has 106 valence electrons. The second-order valence-corrected chi connectivity index (χ2v) is 5.13. The lowest BCUT2D eigenvalue weighted by Crippen LogP contribution is -2.40. The number of carbonyl (C=O) groups excluding carboxylic acids is 1. The van der Waals surface area contributed by atoms with Crippen molar-refractivity contribution in [2.75, 3.05) is 13.1 Å². The molecule has 0 aliphatic carbocycles. The van der Waals surface area contributed by atoms with E-state index in [1.807, 2.05) is 11.6 Å². The van der Waals surface area contributed by atoms with Crippen molar-refractivity contribution >= 4 is 5.91 Å². The maximum absolute atomic E-state index is 12.4. The summed E-state index contributed by atoms with van der Waals surface area (Å²) in [6, 6.07) is 0. The molecule has 1 amide bonds. The molecule has 2 aromatic rings. The number of hydrogen-bond acceptors (Lipinski definition) is 5. The van der Waals surface area contributed by atoms with E-state index in [-0.39, 0.29) is 17.6 Å². The fraction of sp³-hybridized carbons (Fsp3) is 0.583. The molecule has 1 fully saturated rings. The molecule has 1 unspecified atom stereocenters. The zero-order valence-corrected chi connectivity index (χ0v) is 11.6. The monoisotopic (exact) mass is 275 g/mol. The number of carbonyl (C=O) groups is 1. The van der Waals surface area contributed by atoms with Crippen LogP contribution in [0.5, 0.6) is 0 Å². The summed E-state index contributed by atoms with van der Waals surface area (Å²) in [5.41, 5.74) is 0. The minimum absolute atomic E-state index is 0.124. The van der Waals surface area contributed by atoms with E-state index in [1.165, 1.54) is 0 Å². The third kappa shape index (κ3) is 2.28. The number of piperidine rings is 1. The van der Waals surface area contributed by atoms with Crippen LogP contribution < -0.4 is 0 Å². The Labute approximate surface area is 116 Å². The SMILES string of the molecule is Cc1nc(C(=O)N2CCCC(c3nncn3C)C2)n[nH]1. The van der Waals surface area contributed by atoms with Gasteiger partial charge in [-0.3, -0.25) is 9.89 Å². The first kappa shape index (κ1) is 12.8. The van der Waals surface area contributed by atoms with E-state index in [0.717, 1.165) is 25.2 Å². The summed E-state index contributed by atoms with van der Waals surface area (Å²) in [6.07, 6.45) is 3.66. The normalized spacial score (nSPS) is 19.3. The maximum Gasteiger partial charge on any atom is 0.293 e. The summed E-state index contributed by atoms with van der Waals surface area (Å²) in [4.78, 5) is 18.2. The minimum Gasteiger partial charge on any atom is -0.335 e. The molecule has 3 heterocycles. The van der Waals surface area contributed by atoms with Crippen LogP contribution in [0.1, 0.15) is 41.0 Å². The molecule has 8 heteroatoms. The molecule has 3 rings (SSSR count). The van der Waals surface area contributed by atoms with Crippen LogP contribution in [0.3, 0.4) is 0 Å².